The lowest BCUT2D eigenvalue weighted by Crippen LogP contribution is -2.40. The third-order valence-corrected chi connectivity index (χ3v) is 3.42. The van der Waals surface area contributed by atoms with Crippen LogP contribution < -0.4 is 10.6 Å². The van der Waals surface area contributed by atoms with Crippen LogP contribution in [0.1, 0.15) is 36.2 Å². The summed E-state index contributed by atoms with van der Waals surface area (Å²) >= 11 is 0. The van der Waals surface area contributed by atoms with E-state index in [1.165, 1.54) is 6.42 Å². The quantitative estimate of drug-likeness (QED) is 0.831. The molecule has 0 spiro atoms. The molecular weight excluding hydrogens is 230 g/mol. The van der Waals surface area contributed by atoms with Gasteiger partial charge >= 0.3 is 0 Å². The Balaban J connectivity index is 2.22. The topological polar surface area (TPSA) is 79.5 Å². The Labute approximate surface area is 107 Å². The molecule has 5 nitrogen and oxygen atoms in total. The number of aliphatic hydroxyl groups is 1. The van der Waals surface area contributed by atoms with E-state index in [0.717, 1.165) is 31.5 Å². The molecule has 18 heavy (non-hydrogen) atoms. The van der Waals surface area contributed by atoms with Gasteiger partial charge in [0, 0.05) is 31.1 Å². The average molecular weight is 249 g/mol. The van der Waals surface area contributed by atoms with Gasteiger partial charge in [0.2, 0.25) is 0 Å². The van der Waals surface area contributed by atoms with Crippen LogP contribution >= 0.6 is 0 Å². The molecule has 1 aromatic heterocycles. The van der Waals surface area contributed by atoms with Crippen molar-refractivity contribution in [2.75, 3.05) is 18.1 Å². The first kappa shape index (κ1) is 12.8. The van der Waals surface area contributed by atoms with E-state index < -0.39 is 5.91 Å². The molecule has 98 valence electrons. The molecule has 1 aliphatic heterocycles. The first-order valence-corrected chi connectivity index (χ1v) is 6.35. The number of hydrogen-bond acceptors (Lipinski definition) is 4. The molecule has 1 fully saturated rings. The maximum Gasteiger partial charge on any atom is 0.267 e. The number of piperidine rings is 1. The SMILES string of the molecule is NC(=O)c1cc(N2CCCCC2CCO)ccn1. The zero-order valence-electron chi connectivity index (χ0n) is 10.4. The standard InChI is InChI=1S/C13H19N3O2/c14-13(18)12-9-11(4-6-15-12)16-7-2-1-3-10(16)5-8-17/h4,6,9-10,17H,1-3,5,7-8H2,(H2,14,18). The molecule has 1 unspecified atom stereocenters. The highest BCUT2D eigenvalue weighted by molar-refractivity contribution is 5.91. The van der Waals surface area contributed by atoms with E-state index in [4.69, 9.17) is 10.8 Å². The molecule has 1 amide bonds. The van der Waals surface area contributed by atoms with Crippen molar-refractivity contribution in [1.82, 2.24) is 4.98 Å². The van der Waals surface area contributed by atoms with Crippen molar-refractivity contribution in [1.29, 1.82) is 0 Å². The molecule has 1 saturated heterocycles. The Kier molecular flexibility index (Phi) is 4.15. The van der Waals surface area contributed by atoms with Crippen LogP contribution in [0.25, 0.3) is 0 Å². The van der Waals surface area contributed by atoms with Gasteiger partial charge in [-0.25, -0.2) is 0 Å². The fraction of sp³-hybridized carbons (Fsp3) is 0.538. The summed E-state index contributed by atoms with van der Waals surface area (Å²) in [6, 6.07) is 3.96. The second kappa shape index (κ2) is 5.82. The number of pyridine rings is 1. The predicted molar refractivity (Wildman–Crippen MR) is 69.4 cm³/mol. The minimum Gasteiger partial charge on any atom is -0.396 e. The number of nitrogens with two attached hydrogens (primary N) is 1. The van der Waals surface area contributed by atoms with Crippen molar-refractivity contribution < 1.29 is 9.90 Å². The number of rotatable bonds is 4. The van der Waals surface area contributed by atoms with E-state index >= 15 is 0 Å². The van der Waals surface area contributed by atoms with Gasteiger partial charge in [-0.3, -0.25) is 9.78 Å². The summed E-state index contributed by atoms with van der Waals surface area (Å²) in [6.07, 6.45) is 5.77. The molecule has 0 bridgehead atoms. The van der Waals surface area contributed by atoms with Crippen LogP contribution in [0.15, 0.2) is 18.3 Å². The average Bonchev–Trinajstić information content (AvgIpc) is 2.40. The summed E-state index contributed by atoms with van der Waals surface area (Å²) in [5, 5.41) is 9.11. The maximum atomic E-state index is 11.1. The zero-order valence-corrected chi connectivity index (χ0v) is 10.4. The highest BCUT2D eigenvalue weighted by atomic mass is 16.3. The van der Waals surface area contributed by atoms with Crippen LogP contribution in [0.2, 0.25) is 0 Å². The van der Waals surface area contributed by atoms with E-state index in [9.17, 15) is 4.79 Å². The Morgan fingerprint density at radius 3 is 3.11 bits per heavy atom. The van der Waals surface area contributed by atoms with Gasteiger partial charge in [0.05, 0.1) is 0 Å². The first-order chi connectivity index (χ1) is 8.72. The first-order valence-electron chi connectivity index (χ1n) is 6.35. The van der Waals surface area contributed by atoms with Crippen LogP contribution in [-0.2, 0) is 0 Å². The lowest BCUT2D eigenvalue weighted by molar-refractivity contribution is 0.0995. The van der Waals surface area contributed by atoms with E-state index in [2.05, 4.69) is 9.88 Å². The molecule has 0 radical (unpaired) electrons. The highest BCUT2D eigenvalue weighted by Crippen LogP contribution is 2.26. The number of primary amides is 1. The van der Waals surface area contributed by atoms with Crippen LogP contribution in [-0.4, -0.2) is 35.2 Å². The Hall–Kier alpha value is -1.62. The van der Waals surface area contributed by atoms with Crippen LogP contribution in [0, 0.1) is 0 Å². The van der Waals surface area contributed by atoms with E-state index in [1.54, 1.807) is 12.3 Å². The molecule has 3 N–H and O–H groups in total. The van der Waals surface area contributed by atoms with Gasteiger partial charge in [0.25, 0.3) is 5.91 Å². The highest BCUT2D eigenvalue weighted by Gasteiger charge is 2.22. The van der Waals surface area contributed by atoms with Crippen molar-refractivity contribution in [3.8, 4) is 0 Å². The molecular formula is C13H19N3O2. The second-order valence-corrected chi connectivity index (χ2v) is 4.62. The Bertz CT molecular complexity index is 420. The smallest absolute Gasteiger partial charge is 0.267 e. The normalized spacial score (nSPS) is 19.8. The van der Waals surface area contributed by atoms with Gasteiger partial charge in [-0.1, -0.05) is 0 Å². The van der Waals surface area contributed by atoms with Crippen molar-refractivity contribution in [2.24, 2.45) is 5.73 Å². The van der Waals surface area contributed by atoms with Gasteiger partial charge < -0.3 is 15.7 Å². The predicted octanol–water partition coefficient (Wildman–Crippen LogP) is 0.922. The molecule has 2 rings (SSSR count). The lowest BCUT2D eigenvalue weighted by Gasteiger charge is -2.37. The third kappa shape index (κ3) is 2.79. The lowest BCUT2D eigenvalue weighted by atomic mass is 9.99. The van der Waals surface area contributed by atoms with Crippen molar-refractivity contribution in [3.05, 3.63) is 24.0 Å². The monoisotopic (exact) mass is 249 g/mol. The van der Waals surface area contributed by atoms with Crippen LogP contribution in [0.5, 0.6) is 0 Å². The van der Waals surface area contributed by atoms with E-state index in [0.29, 0.717) is 11.7 Å². The number of amides is 1. The van der Waals surface area contributed by atoms with E-state index in [1.807, 2.05) is 6.07 Å². The molecule has 0 aromatic carbocycles. The third-order valence-electron chi connectivity index (χ3n) is 3.42. The van der Waals surface area contributed by atoms with Gasteiger partial charge in [0.15, 0.2) is 0 Å². The summed E-state index contributed by atoms with van der Waals surface area (Å²) in [7, 11) is 0. The summed E-state index contributed by atoms with van der Waals surface area (Å²) in [4.78, 5) is 17.3. The van der Waals surface area contributed by atoms with Crippen LogP contribution in [0.3, 0.4) is 0 Å². The Morgan fingerprint density at radius 1 is 1.56 bits per heavy atom. The largest absolute Gasteiger partial charge is 0.396 e. The molecule has 5 heteroatoms. The maximum absolute atomic E-state index is 11.1. The van der Waals surface area contributed by atoms with Gasteiger partial charge in [0.1, 0.15) is 5.69 Å². The van der Waals surface area contributed by atoms with Crippen molar-refractivity contribution in [2.45, 2.75) is 31.7 Å². The molecule has 0 aliphatic carbocycles. The van der Waals surface area contributed by atoms with Gasteiger partial charge in [-0.15, -0.1) is 0 Å². The molecule has 1 atom stereocenters. The van der Waals surface area contributed by atoms with E-state index in [-0.39, 0.29) is 6.61 Å². The number of hydrogen-bond donors (Lipinski definition) is 2. The number of nitrogens with zero attached hydrogens (tertiary/aromatic N) is 2. The summed E-state index contributed by atoms with van der Waals surface area (Å²) in [5.41, 5.74) is 6.51. The molecule has 2 heterocycles. The number of carbonyl (C=O) groups excluding carboxylic acids is 1. The summed E-state index contributed by atoms with van der Waals surface area (Å²) in [6.45, 7) is 1.14. The fourth-order valence-corrected chi connectivity index (χ4v) is 2.52. The number of carbonyl (C=O) groups is 1. The zero-order chi connectivity index (χ0) is 13.0. The molecule has 0 saturated carbocycles. The van der Waals surface area contributed by atoms with Gasteiger partial charge in [-0.05, 0) is 37.8 Å². The minimum atomic E-state index is -0.507. The van der Waals surface area contributed by atoms with Crippen LogP contribution in [0.4, 0.5) is 5.69 Å². The number of anilines is 1. The minimum absolute atomic E-state index is 0.189. The van der Waals surface area contributed by atoms with Crippen molar-refractivity contribution in [3.63, 3.8) is 0 Å². The summed E-state index contributed by atoms with van der Waals surface area (Å²) < 4.78 is 0. The second-order valence-electron chi connectivity index (χ2n) is 4.62. The summed E-state index contributed by atoms with van der Waals surface area (Å²) in [5.74, 6) is -0.507. The fourth-order valence-electron chi connectivity index (χ4n) is 2.52. The number of aromatic nitrogens is 1. The molecule has 1 aromatic rings. The Morgan fingerprint density at radius 2 is 2.39 bits per heavy atom. The van der Waals surface area contributed by atoms with Gasteiger partial charge in [-0.2, -0.15) is 0 Å². The van der Waals surface area contributed by atoms with Crippen molar-refractivity contribution >= 4 is 11.6 Å². The number of aliphatic hydroxyl groups excluding tert-OH is 1. The molecule has 1 aliphatic rings.